The summed E-state index contributed by atoms with van der Waals surface area (Å²) >= 11 is 0. The van der Waals surface area contributed by atoms with Gasteiger partial charge < -0.3 is 15.3 Å². The molecule has 0 radical (unpaired) electrons. The Labute approximate surface area is 115 Å². The molecular weight excluding hydrogens is 270 g/mol. The molecule has 1 aromatic carbocycles. The lowest BCUT2D eigenvalue weighted by molar-refractivity contribution is -0.137. The number of carbonyl (C=O) groups is 2. The van der Waals surface area contributed by atoms with E-state index in [1.54, 1.807) is 0 Å². The molecule has 0 aromatic heterocycles. The Morgan fingerprint density at radius 2 is 2.00 bits per heavy atom. The summed E-state index contributed by atoms with van der Waals surface area (Å²) in [7, 11) is 1.48. The van der Waals surface area contributed by atoms with Gasteiger partial charge in [-0.05, 0) is 24.1 Å². The molecule has 0 saturated heterocycles. The Bertz CT molecular complexity index is 495. The zero-order valence-corrected chi connectivity index (χ0v) is 11.0. The van der Waals surface area contributed by atoms with Gasteiger partial charge in [-0.2, -0.15) is 0 Å². The van der Waals surface area contributed by atoms with E-state index in [1.807, 2.05) is 0 Å². The fourth-order valence-corrected chi connectivity index (χ4v) is 1.51. The van der Waals surface area contributed by atoms with Crippen LogP contribution in [0, 0.1) is 11.6 Å². The van der Waals surface area contributed by atoms with E-state index < -0.39 is 23.6 Å². The van der Waals surface area contributed by atoms with Crippen LogP contribution in [-0.2, 0) is 11.2 Å². The maximum atomic E-state index is 12.9. The number of hydrogen-bond donors (Lipinski definition) is 2. The smallest absolute Gasteiger partial charge is 0.317 e. The van der Waals surface area contributed by atoms with E-state index in [1.165, 1.54) is 18.0 Å². The van der Waals surface area contributed by atoms with Crippen molar-refractivity contribution < 1.29 is 23.5 Å². The number of amides is 2. The van der Waals surface area contributed by atoms with E-state index >= 15 is 0 Å². The molecule has 110 valence electrons. The SMILES string of the molecule is CN(CCC(=O)O)C(=O)NCCc1ccc(F)c(F)c1. The van der Waals surface area contributed by atoms with Crippen LogP contribution in [0.2, 0.25) is 0 Å². The lowest BCUT2D eigenvalue weighted by Crippen LogP contribution is -2.39. The first-order valence-corrected chi connectivity index (χ1v) is 6.05. The number of carboxylic acid groups (broad SMARTS) is 1. The van der Waals surface area contributed by atoms with Crippen molar-refractivity contribution in [3.05, 3.63) is 35.4 Å². The minimum absolute atomic E-state index is 0.104. The highest BCUT2D eigenvalue weighted by Gasteiger charge is 2.09. The summed E-state index contributed by atoms with van der Waals surface area (Å²) in [6.45, 7) is 0.355. The molecule has 5 nitrogen and oxygen atoms in total. The maximum Gasteiger partial charge on any atom is 0.317 e. The molecule has 0 fully saturated rings. The summed E-state index contributed by atoms with van der Waals surface area (Å²) in [4.78, 5) is 23.2. The van der Waals surface area contributed by atoms with Crippen LogP contribution in [0.3, 0.4) is 0 Å². The number of aliphatic carboxylic acids is 1. The van der Waals surface area contributed by atoms with Crippen LogP contribution in [-0.4, -0.2) is 42.1 Å². The third-order valence-electron chi connectivity index (χ3n) is 2.68. The summed E-state index contributed by atoms with van der Waals surface area (Å²) < 4.78 is 25.6. The van der Waals surface area contributed by atoms with Crippen LogP contribution in [0.25, 0.3) is 0 Å². The van der Waals surface area contributed by atoms with Crippen molar-refractivity contribution in [2.24, 2.45) is 0 Å². The van der Waals surface area contributed by atoms with Gasteiger partial charge in [0.2, 0.25) is 0 Å². The zero-order valence-electron chi connectivity index (χ0n) is 11.0. The molecule has 0 heterocycles. The van der Waals surface area contributed by atoms with Crippen molar-refractivity contribution in [2.45, 2.75) is 12.8 Å². The molecule has 0 unspecified atom stereocenters. The molecule has 0 aliphatic carbocycles. The van der Waals surface area contributed by atoms with E-state index in [0.717, 1.165) is 12.1 Å². The van der Waals surface area contributed by atoms with Gasteiger partial charge in [0.25, 0.3) is 0 Å². The van der Waals surface area contributed by atoms with Crippen LogP contribution in [0.15, 0.2) is 18.2 Å². The van der Waals surface area contributed by atoms with E-state index in [0.29, 0.717) is 12.0 Å². The van der Waals surface area contributed by atoms with Gasteiger partial charge in [0.15, 0.2) is 11.6 Å². The van der Waals surface area contributed by atoms with Gasteiger partial charge in [0.1, 0.15) is 0 Å². The monoisotopic (exact) mass is 286 g/mol. The lowest BCUT2D eigenvalue weighted by Gasteiger charge is -2.16. The average Bonchev–Trinajstić information content (AvgIpc) is 2.39. The predicted molar refractivity (Wildman–Crippen MR) is 68.3 cm³/mol. The molecule has 2 N–H and O–H groups in total. The van der Waals surface area contributed by atoms with Crippen LogP contribution in [0.4, 0.5) is 13.6 Å². The van der Waals surface area contributed by atoms with Gasteiger partial charge in [0, 0.05) is 20.1 Å². The number of urea groups is 1. The number of benzene rings is 1. The Kier molecular flexibility index (Phi) is 5.89. The van der Waals surface area contributed by atoms with E-state index in [4.69, 9.17) is 5.11 Å². The third-order valence-corrected chi connectivity index (χ3v) is 2.68. The second-order valence-corrected chi connectivity index (χ2v) is 4.30. The Morgan fingerprint density at radius 3 is 2.60 bits per heavy atom. The molecule has 2 amide bonds. The van der Waals surface area contributed by atoms with Crippen LogP contribution >= 0.6 is 0 Å². The fourth-order valence-electron chi connectivity index (χ4n) is 1.51. The number of carboxylic acids is 1. The standard InChI is InChI=1S/C13H16F2N2O3/c1-17(7-5-12(18)19)13(20)16-6-4-9-2-3-10(14)11(15)8-9/h2-3,8H,4-7H2,1H3,(H,16,20)(H,18,19). The zero-order chi connectivity index (χ0) is 15.1. The van der Waals surface area contributed by atoms with Crippen LogP contribution < -0.4 is 5.32 Å². The first-order valence-electron chi connectivity index (χ1n) is 6.05. The quantitative estimate of drug-likeness (QED) is 0.835. The minimum Gasteiger partial charge on any atom is -0.481 e. The number of halogens is 2. The Morgan fingerprint density at radius 1 is 1.30 bits per heavy atom. The van der Waals surface area contributed by atoms with E-state index in [9.17, 15) is 18.4 Å². The van der Waals surface area contributed by atoms with Gasteiger partial charge in [-0.15, -0.1) is 0 Å². The molecular formula is C13H16F2N2O3. The Balaban J connectivity index is 2.34. The highest BCUT2D eigenvalue weighted by molar-refractivity contribution is 5.74. The molecule has 0 saturated carbocycles. The summed E-state index contributed by atoms with van der Waals surface area (Å²) in [6.07, 6.45) is 0.225. The fraction of sp³-hybridized carbons (Fsp3) is 0.385. The van der Waals surface area contributed by atoms with Gasteiger partial charge in [0.05, 0.1) is 6.42 Å². The summed E-state index contributed by atoms with van der Waals surface area (Å²) in [5.74, 6) is -2.81. The molecule has 0 spiro atoms. The van der Waals surface area contributed by atoms with Crippen molar-refractivity contribution in [2.75, 3.05) is 20.1 Å². The van der Waals surface area contributed by atoms with Gasteiger partial charge in [-0.25, -0.2) is 13.6 Å². The molecule has 7 heteroatoms. The molecule has 0 aliphatic heterocycles. The molecule has 0 bridgehead atoms. The second kappa shape index (κ2) is 7.42. The van der Waals surface area contributed by atoms with Crippen LogP contribution in [0.5, 0.6) is 0 Å². The van der Waals surface area contributed by atoms with Crippen molar-refractivity contribution in [1.82, 2.24) is 10.2 Å². The minimum atomic E-state index is -0.980. The number of carbonyl (C=O) groups excluding carboxylic acids is 1. The van der Waals surface area contributed by atoms with E-state index in [-0.39, 0.29) is 19.5 Å². The largest absolute Gasteiger partial charge is 0.481 e. The molecule has 1 aromatic rings. The number of hydrogen-bond acceptors (Lipinski definition) is 2. The summed E-state index contributed by atoms with van der Waals surface area (Å²) in [5.41, 5.74) is 0.567. The average molecular weight is 286 g/mol. The number of rotatable bonds is 6. The maximum absolute atomic E-state index is 12.9. The number of nitrogens with one attached hydrogen (secondary N) is 1. The molecule has 0 atom stereocenters. The van der Waals surface area contributed by atoms with Gasteiger partial charge >= 0.3 is 12.0 Å². The first kappa shape index (κ1) is 15.9. The van der Waals surface area contributed by atoms with Crippen molar-refractivity contribution in [3.8, 4) is 0 Å². The molecule has 1 rings (SSSR count). The van der Waals surface area contributed by atoms with Gasteiger partial charge in [-0.3, -0.25) is 4.79 Å². The predicted octanol–water partition coefficient (Wildman–Crippen LogP) is 1.62. The van der Waals surface area contributed by atoms with Crippen LogP contribution in [0.1, 0.15) is 12.0 Å². The number of nitrogens with zero attached hydrogens (tertiary/aromatic N) is 1. The lowest BCUT2D eigenvalue weighted by atomic mass is 10.1. The second-order valence-electron chi connectivity index (χ2n) is 4.30. The van der Waals surface area contributed by atoms with Crippen molar-refractivity contribution in [3.63, 3.8) is 0 Å². The third kappa shape index (κ3) is 5.21. The summed E-state index contributed by atoms with van der Waals surface area (Å²) in [5, 5.41) is 11.1. The Hall–Kier alpha value is -2.18. The normalized spacial score (nSPS) is 10.2. The van der Waals surface area contributed by atoms with E-state index in [2.05, 4.69) is 5.32 Å². The van der Waals surface area contributed by atoms with Crippen molar-refractivity contribution >= 4 is 12.0 Å². The van der Waals surface area contributed by atoms with Crippen molar-refractivity contribution in [1.29, 1.82) is 0 Å². The summed E-state index contributed by atoms with van der Waals surface area (Å²) in [6, 6.07) is 3.15. The highest BCUT2D eigenvalue weighted by Crippen LogP contribution is 2.08. The highest BCUT2D eigenvalue weighted by atomic mass is 19.2. The first-order chi connectivity index (χ1) is 9.40. The van der Waals surface area contributed by atoms with Gasteiger partial charge in [-0.1, -0.05) is 6.07 Å². The topological polar surface area (TPSA) is 69.6 Å². The molecule has 0 aliphatic rings. The molecule has 20 heavy (non-hydrogen) atoms.